The molecule has 7 aromatic carbocycles. The number of rotatable bonds is 7. The quantitative estimate of drug-likeness (QED) is 0.162. The number of benzene rings is 7. The summed E-state index contributed by atoms with van der Waals surface area (Å²) in [4.78, 5) is 9.58. The van der Waals surface area contributed by atoms with Crippen LogP contribution < -0.4 is 0 Å². The van der Waals surface area contributed by atoms with Crippen molar-refractivity contribution >= 4 is 11.0 Å². The van der Waals surface area contributed by atoms with Crippen molar-refractivity contribution in [2.45, 2.75) is 59.0 Å². The minimum Gasteiger partial charge on any atom is -0.507 e. The van der Waals surface area contributed by atoms with Crippen molar-refractivity contribution in [2.75, 3.05) is 0 Å². The number of phenolic OH excluding ortho intramolecular Hbond substituents is 1. The van der Waals surface area contributed by atoms with Gasteiger partial charge in [-0.2, -0.15) is 0 Å². The first-order chi connectivity index (χ1) is 37.2. The summed E-state index contributed by atoms with van der Waals surface area (Å²) in [5.74, 6) is 0.181. The SMILES string of the molecule is [2H]c1nc(-c2[c-]c(-c3cccc4c3nc(-c3ccccc3O)n4-c3ccc(C([2H])([2H])[2H])cc3-c3ccc(C(C)(C)C)cc3)cc(-c3ccccc3)c2)c([2H])c(-c2c([2H])c([2H])c(C(C([2H])([2H])[2H])(C([2H])([2H])[2H])C([2H])([2H])[2H])c([2H])c2[2H])c1[2H].[Pt]. The van der Waals surface area contributed by atoms with E-state index in [9.17, 15) is 6.48 Å². The third-order valence-electron chi connectivity index (χ3n) is 10.5. The normalized spacial score (nSPS) is 17.0. The van der Waals surface area contributed by atoms with Crippen LogP contribution in [0.25, 0.3) is 83.9 Å². The van der Waals surface area contributed by atoms with Crippen molar-refractivity contribution < 1.29 is 52.2 Å². The van der Waals surface area contributed by atoms with Gasteiger partial charge < -0.3 is 5.11 Å². The van der Waals surface area contributed by atoms with Gasteiger partial charge in [0.05, 0.1) is 31.9 Å². The molecule has 0 aliphatic rings. The van der Waals surface area contributed by atoms with Crippen LogP contribution in [0.3, 0.4) is 0 Å². The number of hydrogen-bond donors (Lipinski definition) is 1. The molecule has 0 aliphatic heterocycles. The number of nitrogens with zero attached hydrogens (tertiary/aromatic N) is 3. The van der Waals surface area contributed by atoms with Gasteiger partial charge in [0, 0.05) is 54.9 Å². The van der Waals surface area contributed by atoms with Crippen LogP contribution in [0.5, 0.6) is 5.75 Å². The van der Waals surface area contributed by atoms with Gasteiger partial charge in [0.1, 0.15) is 11.6 Å². The minimum absolute atomic E-state index is 0. The molecule has 2 aromatic heterocycles. The van der Waals surface area contributed by atoms with Crippen LogP contribution in [0.2, 0.25) is 0 Å². The third kappa shape index (κ3) is 8.33. The molecule has 4 nitrogen and oxygen atoms in total. The molecule has 0 aliphatic carbocycles. The molecule has 0 saturated carbocycles. The Bertz CT molecular complexity index is 3850. The molecule has 0 radical (unpaired) electrons. The van der Waals surface area contributed by atoms with E-state index in [0.717, 1.165) is 5.56 Å². The number of fused-ring (bicyclic) bond motifs is 1. The van der Waals surface area contributed by atoms with Gasteiger partial charge in [-0.3, -0.25) is 9.55 Å². The molecule has 5 heteroatoms. The first-order valence-electron chi connectivity index (χ1n) is 29.0. The van der Waals surface area contributed by atoms with Gasteiger partial charge in [-0.1, -0.05) is 179 Å². The van der Waals surface area contributed by atoms with Gasteiger partial charge in [-0.15, -0.1) is 23.8 Å². The maximum Gasteiger partial charge on any atom is 0.148 e. The molecule has 0 spiro atoms. The largest absolute Gasteiger partial charge is 0.507 e. The summed E-state index contributed by atoms with van der Waals surface area (Å²) in [6.07, 6.45) is -0.796. The Morgan fingerprint density at radius 1 is 0.613 bits per heavy atom. The average Bonchev–Trinajstić information content (AvgIpc) is 3.77. The van der Waals surface area contributed by atoms with Gasteiger partial charge in [-0.25, -0.2) is 4.98 Å². The number of aryl methyl sites for hydroxylation is 1. The Morgan fingerprint density at radius 2 is 1.34 bits per heavy atom. The summed E-state index contributed by atoms with van der Waals surface area (Å²) >= 11 is 0. The van der Waals surface area contributed by atoms with E-state index in [1.165, 1.54) is 12.1 Å². The van der Waals surface area contributed by atoms with E-state index in [1.54, 1.807) is 66.7 Å². The zero-order valence-electron chi connectivity index (χ0n) is 52.7. The van der Waals surface area contributed by atoms with Gasteiger partial charge in [-0.05, 0) is 87.4 Å². The van der Waals surface area contributed by atoms with Crippen LogP contribution in [0, 0.1) is 12.9 Å². The summed E-state index contributed by atoms with van der Waals surface area (Å²) in [5, 5.41) is 11.5. The number of para-hydroxylation sites is 2. The fourth-order valence-electron chi connectivity index (χ4n) is 7.35. The fourth-order valence-corrected chi connectivity index (χ4v) is 7.35. The second-order valence-electron chi connectivity index (χ2n) is 15.8. The Morgan fingerprint density at radius 3 is 2.06 bits per heavy atom. The molecule has 9 rings (SSSR count). The summed E-state index contributed by atoms with van der Waals surface area (Å²) < 4.78 is 165. The van der Waals surface area contributed by atoms with Crippen molar-refractivity contribution in [1.29, 1.82) is 0 Å². The van der Waals surface area contributed by atoms with Crippen LogP contribution in [0.4, 0.5) is 0 Å². The Labute approximate surface area is 407 Å². The molecule has 1 N–H and O–H groups in total. The van der Waals surface area contributed by atoms with Crippen molar-refractivity contribution in [3.63, 3.8) is 0 Å². The van der Waals surface area contributed by atoms with Crippen LogP contribution in [-0.2, 0) is 31.9 Å². The average molecular weight is 1010 g/mol. The molecule has 0 fully saturated rings. The van der Waals surface area contributed by atoms with Gasteiger partial charge in [0.25, 0.3) is 0 Å². The molecule has 0 atom stereocenters. The van der Waals surface area contributed by atoms with Crippen LogP contribution in [0.1, 0.15) is 84.1 Å². The van der Waals surface area contributed by atoms with E-state index in [4.69, 9.17) is 29.7 Å². The Balaban J connectivity index is 0.00000860. The Kier molecular flexibility index (Phi) is 6.77. The van der Waals surface area contributed by atoms with Crippen LogP contribution in [0.15, 0.2) is 170 Å². The van der Waals surface area contributed by atoms with E-state index in [2.05, 4.69) is 31.8 Å². The van der Waals surface area contributed by atoms with E-state index in [1.807, 2.05) is 53.1 Å². The molecule has 62 heavy (non-hydrogen) atoms. The van der Waals surface area contributed by atoms with Crippen LogP contribution in [-0.4, -0.2) is 19.6 Å². The summed E-state index contributed by atoms with van der Waals surface area (Å²) in [6, 6.07) is 33.9. The molecular formula is C57H50N3OPt-. The molecule has 0 saturated heterocycles. The van der Waals surface area contributed by atoms with E-state index in [0.29, 0.717) is 55.7 Å². The summed E-state index contributed by atoms with van der Waals surface area (Å²) in [5.41, 5.74) is -1.16. The maximum absolute atomic E-state index is 11.5. The summed E-state index contributed by atoms with van der Waals surface area (Å²) in [6.45, 7) is -8.05. The molecular weight excluding hydrogens is 938 g/mol. The molecule has 0 unspecified atom stereocenters. The minimum atomic E-state index is -3.95. The predicted octanol–water partition coefficient (Wildman–Crippen LogP) is 14.8. The second kappa shape index (κ2) is 16.8. The number of aromatic hydroxyl groups is 1. The van der Waals surface area contributed by atoms with E-state index < -0.39 is 91.9 Å². The molecule has 0 amide bonds. The first-order valence-corrected chi connectivity index (χ1v) is 19.5. The van der Waals surface area contributed by atoms with Crippen molar-refractivity contribution in [1.82, 2.24) is 14.5 Å². The molecule has 310 valence electrons. The smallest absolute Gasteiger partial charge is 0.148 e. The van der Waals surface area contributed by atoms with E-state index >= 15 is 0 Å². The fraction of sp³-hybridized carbons (Fsp3) is 0.158. The van der Waals surface area contributed by atoms with Gasteiger partial charge in [0.15, 0.2) is 0 Å². The topological polar surface area (TPSA) is 50.9 Å². The zero-order chi connectivity index (χ0) is 58.6. The molecule has 2 heterocycles. The van der Waals surface area contributed by atoms with Gasteiger partial charge in [0.2, 0.25) is 0 Å². The van der Waals surface area contributed by atoms with Crippen LogP contribution >= 0.6 is 0 Å². The Hall–Kier alpha value is -6.35. The predicted molar refractivity (Wildman–Crippen MR) is 254 cm³/mol. The number of pyridine rings is 1. The molecule has 9 aromatic rings. The standard InChI is InChI=1S/C57H50N3O.Pt/c1-37-20-29-51(49(32-37)40-23-27-46(28-24-40)57(5,6)7)60-52-18-13-17-47(54(52)59-55(60)48-16-11-12-19-53(48)61)43-33-42(38-14-9-8-10-15-38)34-44(35-43)50-36-41(30-31-58-50)39-21-25-45(26-22-39)56(2,3)4;/h8-34,36,61H,1-7H3;/q-1;/i1D3,2D3,3D3,4D3,21D,22D,25D,26D,30D,31D,36D;. The van der Waals surface area contributed by atoms with Gasteiger partial charge >= 0.3 is 0 Å². The number of imidazole rings is 1. The maximum atomic E-state index is 11.5. The molecule has 0 bridgehead atoms. The third-order valence-corrected chi connectivity index (χ3v) is 10.5. The zero-order valence-corrected chi connectivity index (χ0v) is 36.0. The van der Waals surface area contributed by atoms with Crippen molar-refractivity contribution in [3.05, 3.63) is 193 Å². The number of hydrogen-bond acceptors (Lipinski definition) is 3. The number of aromatic nitrogens is 3. The van der Waals surface area contributed by atoms with E-state index in [-0.39, 0.29) is 54.9 Å². The van der Waals surface area contributed by atoms with Crippen molar-refractivity contribution in [3.8, 4) is 78.6 Å². The summed E-state index contributed by atoms with van der Waals surface area (Å²) in [7, 11) is 0. The first kappa shape index (κ1) is 24.9. The monoisotopic (exact) mass is 1010 g/mol. The van der Waals surface area contributed by atoms with Crippen molar-refractivity contribution in [2.24, 2.45) is 0 Å². The second-order valence-corrected chi connectivity index (χ2v) is 15.8. The number of phenols is 1.